The lowest BCUT2D eigenvalue weighted by molar-refractivity contribution is 0.0996. The number of nitrogens with two attached hydrogens (primary N) is 1. The smallest absolute Gasteiger partial charge is 0.255 e. The Labute approximate surface area is 175 Å². The zero-order valence-electron chi connectivity index (χ0n) is 16.7. The van der Waals surface area contributed by atoms with Crippen LogP contribution in [0.1, 0.15) is 56.4 Å². The van der Waals surface area contributed by atoms with Crippen LogP contribution in [0.2, 0.25) is 0 Å². The fourth-order valence-electron chi connectivity index (χ4n) is 3.65. The molecule has 1 aromatic heterocycles. The third kappa shape index (κ3) is 4.33. The molecule has 0 aliphatic heterocycles. The zero-order valence-corrected chi connectivity index (χ0v) is 16.7. The highest BCUT2D eigenvalue weighted by Gasteiger charge is 2.23. The number of hydrogen-bond acceptors (Lipinski definition) is 4. The molecule has 6 nitrogen and oxygen atoms in total. The predicted octanol–water partition coefficient (Wildman–Crippen LogP) is 4.20. The number of pyridine rings is 1. The van der Waals surface area contributed by atoms with Crippen molar-refractivity contribution in [3.8, 4) is 5.75 Å². The van der Waals surface area contributed by atoms with Crippen LogP contribution < -0.4 is 15.8 Å². The molecule has 0 spiro atoms. The molecule has 1 unspecified atom stereocenters. The summed E-state index contributed by atoms with van der Waals surface area (Å²) in [6.45, 7) is 1.99. The monoisotopic (exact) mass is 401 g/mol. The van der Waals surface area contributed by atoms with Gasteiger partial charge in [-0.3, -0.25) is 14.6 Å². The number of primary amides is 1. The minimum Gasteiger partial charge on any atom is -0.484 e. The molecule has 0 bridgehead atoms. The summed E-state index contributed by atoms with van der Waals surface area (Å²) in [5.41, 5.74) is 10.3. The molecular formula is C24H23N3O3. The van der Waals surface area contributed by atoms with Crippen LogP contribution in [-0.4, -0.2) is 16.8 Å². The summed E-state index contributed by atoms with van der Waals surface area (Å²) in [7, 11) is 0. The first-order valence-corrected chi connectivity index (χ1v) is 9.92. The Morgan fingerprint density at radius 3 is 2.63 bits per heavy atom. The fraction of sp³-hybridized carbons (Fsp3) is 0.208. The molecule has 1 aliphatic rings. The first kappa shape index (κ1) is 19.6. The van der Waals surface area contributed by atoms with Gasteiger partial charge in [0.15, 0.2) is 0 Å². The van der Waals surface area contributed by atoms with Gasteiger partial charge in [0.05, 0.1) is 11.8 Å². The van der Waals surface area contributed by atoms with E-state index in [1.165, 1.54) is 11.8 Å². The van der Waals surface area contributed by atoms with Crippen LogP contribution in [0.4, 0.5) is 5.69 Å². The SMILES string of the molecule is Cc1ccc(C(=O)Nc2ccc3c(c2)C(Oc2cncc(C(N)=O)c2)CCC3)cc1. The average Bonchev–Trinajstić information content (AvgIpc) is 2.75. The molecule has 152 valence electrons. The average molecular weight is 401 g/mol. The van der Waals surface area contributed by atoms with Gasteiger partial charge in [0.2, 0.25) is 5.91 Å². The lowest BCUT2D eigenvalue weighted by Gasteiger charge is -2.27. The maximum atomic E-state index is 12.6. The Kier molecular flexibility index (Phi) is 5.48. The van der Waals surface area contributed by atoms with Crippen molar-refractivity contribution < 1.29 is 14.3 Å². The highest BCUT2D eigenvalue weighted by molar-refractivity contribution is 6.04. The Morgan fingerprint density at radius 1 is 1.07 bits per heavy atom. The summed E-state index contributed by atoms with van der Waals surface area (Å²) < 4.78 is 6.15. The van der Waals surface area contributed by atoms with Crippen molar-refractivity contribution in [2.75, 3.05) is 5.32 Å². The predicted molar refractivity (Wildman–Crippen MR) is 115 cm³/mol. The number of fused-ring (bicyclic) bond motifs is 1. The number of hydrogen-bond donors (Lipinski definition) is 2. The standard InChI is InChI=1S/C24H23N3O3/c1-15-5-7-17(8-6-15)24(29)27-19-10-9-16-3-2-4-22(21(16)12-19)30-20-11-18(23(25)28)13-26-14-20/h5-14,22H,2-4H2,1H3,(H2,25,28)(H,27,29). The van der Waals surface area contributed by atoms with Crippen LogP contribution >= 0.6 is 0 Å². The minimum absolute atomic E-state index is 0.151. The van der Waals surface area contributed by atoms with E-state index in [0.717, 1.165) is 36.1 Å². The van der Waals surface area contributed by atoms with Crippen LogP contribution in [0.25, 0.3) is 0 Å². The second-order valence-electron chi connectivity index (χ2n) is 7.51. The molecule has 2 amide bonds. The number of aryl methyl sites for hydroxylation is 2. The Balaban J connectivity index is 1.55. The molecule has 1 atom stereocenters. The van der Waals surface area contributed by atoms with E-state index in [0.29, 0.717) is 16.9 Å². The molecule has 0 fully saturated rings. The van der Waals surface area contributed by atoms with E-state index < -0.39 is 5.91 Å². The van der Waals surface area contributed by atoms with Crippen molar-refractivity contribution in [3.63, 3.8) is 0 Å². The third-order valence-corrected chi connectivity index (χ3v) is 5.25. The second-order valence-corrected chi connectivity index (χ2v) is 7.51. The quantitative estimate of drug-likeness (QED) is 0.670. The van der Waals surface area contributed by atoms with E-state index in [9.17, 15) is 9.59 Å². The summed E-state index contributed by atoms with van der Waals surface area (Å²) in [4.78, 5) is 28.0. The molecule has 0 saturated heterocycles. The fourth-order valence-corrected chi connectivity index (χ4v) is 3.65. The number of nitrogens with zero attached hydrogens (tertiary/aromatic N) is 1. The normalized spacial score (nSPS) is 15.2. The van der Waals surface area contributed by atoms with E-state index in [4.69, 9.17) is 10.5 Å². The van der Waals surface area contributed by atoms with E-state index in [-0.39, 0.29) is 12.0 Å². The molecule has 30 heavy (non-hydrogen) atoms. The van der Waals surface area contributed by atoms with Gasteiger partial charge in [-0.25, -0.2) is 0 Å². The Bertz CT molecular complexity index is 1090. The molecule has 4 rings (SSSR count). The number of aromatic nitrogens is 1. The van der Waals surface area contributed by atoms with E-state index in [1.807, 2.05) is 49.4 Å². The molecule has 1 heterocycles. The van der Waals surface area contributed by atoms with Crippen LogP contribution in [-0.2, 0) is 6.42 Å². The summed E-state index contributed by atoms with van der Waals surface area (Å²) >= 11 is 0. The Morgan fingerprint density at radius 2 is 1.87 bits per heavy atom. The van der Waals surface area contributed by atoms with Crippen LogP contribution in [0.3, 0.4) is 0 Å². The number of amides is 2. The highest BCUT2D eigenvalue weighted by atomic mass is 16.5. The Hall–Kier alpha value is -3.67. The lowest BCUT2D eigenvalue weighted by atomic mass is 9.89. The second kappa shape index (κ2) is 8.37. The van der Waals surface area contributed by atoms with E-state index in [1.54, 1.807) is 12.3 Å². The molecular weight excluding hydrogens is 378 g/mol. The topological polar surface area (TPSA) is 94.3 Å². The van der Waals surface area contributed by atoms with Gasteiger partial charge in [-0.1, -0.05) is 23.8 Å². The van der Waals surface area contributed by atoms with Crippen LogP contribution in [0.15, 0.2) is 60.9 Å². The first-order valence-electron chi connectivity index (χ1n) is 9.92. The van der Waals surface area contributed by atoms with Gasteiger partial charge in [0, 0.05) is 17.4 Å². The van der Waals surface area contributed by atoms with E-state index >= 15 is 0 Å². The third-order valence-electron chi connectivity index (χ3n) is 5.25. The molecule has 0 saturated carbocycles. The van der Waals surface area contributed by atoms with Crippen LogP contribution in [0, 0.1) is 6.92 Å². The van der Waals surface area contributed by atoms with Gasteiger partial charge >= 0.3 is 0 Å². The first-order chi connectivity index (χ1) is 14.5. The molecule has 3 N–H and O–H groups in total. The summed E-state index contributed by atoms with van der Waals surface area (Å²) in [6, 6.07) is 15.0. The number of anilines is 1. The van der Waals surface area contributed by atoms with Crippen molar-refractivity contribution in [1.29, 1.82) is 0 Å². The van der Waals surface area contributed by atoms with Crippen molar-refractivity contribution in [2.24, 2.45) is 5.73 Å². The van der Waals surface area contributed by atoms with Crippen LogP contribution in [0.5, 0.6) is 5.75 Å². The molecule has 0 radical (unpaired) electrons. The van der Waals surface area contributed by atoms with Crippen molar-refractivity contribution in [3.05, 3.63) is 88.7 Å². The lowest BCUT2D eigenvalue weighted by Crippen LogP contribution is -2.18. The van der Waals surface area contributed by atoms with Gasteiger partial charge < -0.3 is 15.8 Å². The van der Waals surface area contributed by atoms with Gasteiger partial charge in [-0.2, -0.15) is 0 Å². The summed E-state index contributed by atoms with van der Waals surface area (Å²) in [5, 5.41) is 2.97. The van der Waals surface area contributed by atoms with Gasteiger partial charge in [0.25, 0.3) is 5.91 Å². The van der Waals surface area contributed by atoms with Crippen molar-refractivity contribution in [2.45, 2.75) is 32.3 Å². The summed E-state index contributed by atoms with van der Waals surface area (Å²) in [6.07, 6.45) is 5.60. The number of carbonyl (C=O) groups is 2. The highest BCUT2D eigenvalue weighted by Crippen LogP contribution is 2.35. The molecule has 2 aromatic carbocycles. The number of carbonyl (C=O) groups excluding carboxylic acids is 2. The number of nitrogens with one attached hydrogen (secondary N) is 1. The van der Waals surface area contributed by atoms with Gasteiger partial charge in [-0.15, -0.1) is 0 Å². The van der Waals surface area contributed by atoms with Crippen molar-refractivity contribution in [1.82, 2.24) is 4.98 Å². The maximum absolute atomic E-state index is 12.6. The molecule has 3 aromatic rings. The van der Waals surface area contributed by atoms with Gasteiger partial charge in [0.1, 0.15) is 11.9 Å². The largest absolute Gasteiger partial charge is 0.484 e. The number of benzene rings is 2. The number of rotatable bonds is 5. The van der Waals surface area contributed by atoms with E-state index in [2.05, 4.69) is 10.3 Å². The molecule has 6 heteroatoms. The zero-order chi connectivity index (χ0) is 21.1. The van der Waals surface area contributed by atoms with Crippen molar-refractivity contribution >= 4 is 17.5 Å². The van der Waals surface area contributed by atoms with Gasteiger partial charge in [-0.05, 0) is 67.6 Å². The summed E-state index contributed by atoms with van der Waals surface area (Å²) in [5.74, 6) is -0.196. The molecule has 1 aliphatic carbocycles. The maximum Gasteiger partial charge on any atom is 0.255 e. The minimum atomic E-state index is -0.543. The number of ether oxygens (including phenoxy) is 1.